The van der Waals surface area contributed by atoms with Crippen molar-refractivity contribution in [2.45, 2.75) is 57.2 Å². The molecule has 0 radical (unpaired) electrons. The van der Waals surface area contributed by atoms with Gasteiger partial charge >= 0.3 is 0 Å². The molecule has 0 aliphatic carbocycles. The molecule has 3 nitrogen and oxygen atoms in total. The molecule has 4 heteroatoms. The maximum Gasteiger partial charge on any atom is 0.0590 e. The number of likely N-dealkylation sites (N-methyl/N-ethyl adjacent to an activating group) is 1. The Balaban J connectivity index is 2.78. The molecule has 2 N–H and O–H groups in total. The van der Waals surface area contributed by atoms with Gasteiger partial charge in [0.1, 0.15) is 0 Å². The number of rotatable bonds is 7. The number of thioether (sulfide) groups is 1. The van der Waals surface area contributed by atoms with E-state index >= 15 is 0 Å². The Morgan fingerprint density at radius 2 is 2.22 bits per heavy atom. The van der Waals surface area contributed by atoms with Crippen LogP contribution in [0, 0.1) is 0 Å². The molecule has 0 aromatic rings. The van der Waals surface area contributed by atoms with Crippen LogP contribution in [0.25, 0.3) is 0 Å². The van der Waals surface area contributed by atoms with Crippen LogP contribution in [-0.2, 0) is 4.74 Å². The van der Waals surface area contributed by atoms with Gasteiger partial charge in [0.2, 0.25) is 0 Å². The lowest BCUT2D eigenvalue weighted by molar-refractivity contribution is -0.0740. The number of hydrogen-bond acceptors (Lipinski definition) is 4. The van der Waals surface area contributed by atoms with Crippen molar-refractivity contribution in [2.24, 2.45) is 5.73 Å². The van der Waals surface area contributed by atoms with Gasteiger partial charge in [-0.3, -0.25) is 4.90 Å². The topological polar surface area (TPSA) is 38.5 Å². The van der Waals surface area contributed by atoms with Crippen LogP contribution in [0.4, 0.5) is 0 Å². The van der Waals surface area contributed by atoms with Gasteiger partial charge in [-0.15, -0.1) is 0 Å². The second kappa shape index (κ2) is 7.73. The third kappa shape index (κ3) is 3.62. The molecule has 1 fully saturated rings. The summed E-state index contributed by atoms with van der Waals surface area (Å²) in [5.41, 5.74) is 6.29. The maximum absolute atomic E-state index is 6.14. The Morgan fingerprint density at radius 3 is 2.72 bits per heavy atom. The van der Waals surface area contributed by atoms with Crippen LogP contribution in [0.3, 0.4) is 0 Å². The van der Waals surface area contributed by atoms with Gasteiger partial charge in [-0.25, -0.2) is 0 Å². The van der Waals surface area contributed by atoms with Crippen molar-refractivity contribution >= 4 is 11.8 Å². The second-order valence-corrected chi connectivity index (χ2v) is 6.32. The minimum Gasteiger partial charge on any atom is -0.378 e. The van der Waals surface area contributed by atoms with Crippen molar-refractivity contribution < 1.29 is 4.74 Å². The van der Waals surface area contributed by atoms with Gasteiger partial charge in [0.05, 0.1) is 6.10 Å². The molecular weight excluding hydrogens is 244 g/mol. The van der Waals surface area contributed by atoms with Gasteiger partial charge in [-0.2, -0.15) is 11.8 Å². The van der Waals surface area contributed by atoms with Crippen molar-refractivity contribution in [1.82, 2.24) is 4.90 Å². The van der Waals surface area contributed by atoms with E-state index in [1.165, 1.54) is 12.2 Å². The minimum atomic E-state index is 0.148. The highest BCUT2D eigenvalue weighted by Crippen LogP contribution is 2.33. The SMILES string of the molecule is CCC1CC(CN)(N(C)C(CC)CSC)CCO1. The summed E-state index contributed by atoms with van der Waals surface area (Å²) in [6, 6.07) is 0.624. The monoisotopic (exact) mass is 274 g/mol. The average Bonchev–Trinajstić information content (AvgIpc) is 2.43. The van der Waals surface area contributed by atoms with Crippen LogP contribution < -0.4 is 5.73 Å². The highest BCUT2D eigenvalue weighted by Gasteiger charge is 2.40. The summed E-state index contributed by atoms with van der Waals surface area (Å²) in [6.45, 7) is 6.08. The number of hydrogen-bond donors (Lipinski definition) is 1. The largest absolute Gasteiger partial charge is 0.378 e. The molecule has 108 valence electrons. The fraction of sp³-hybridized carbons (Fsp3) is 1.00. The van der Waals surface area contributed by atoms with Gasteiger partial charge in [0.25, 0.3) is 0 Å². The first-order chi connectivity index (χ1) is 8.63. The lowest BCUT2D eigenvalue weighted by Gasteiger charge is -2.49. The van der Waals surface area contributed by atoms with E-state index in [4.69, 9.17) is 10.5 Å². The zero-order chi connectivity index (χ0) is 13.6. The van der Waals surface area contributed by atoms with E-state index < -0.39 is 0 Å². The predicted molar refractivity (Wildman–Crippen MR) is 81.3 cm³/mol. The zero-order valence-electron chi connectivity index (χ0n) is 12.4. The summed E-state index contributed by atoms with van der Waals surface area (Å²) in [5, 5.41) is 0. The third-order valence-electron chi connectivity index (χ3n) is 4.49. The maximum atomic E-state index is 6.14. The Morgan fingerprint density at radius 1 is 1.50 bits per heavy atom. The summed E-state index contributed by atoms with van der Waals surface area (Å²) in [4.78, 5) is 2.55. The van der Waals surface area contributed by atoms with Gasteiger partial charge in [0.15, 0.2) is 0 Å². The molecule has 1 rings (SSSR count). The molecule has 0 bridgehead atoms. The predicted octanol–water partition coefficient (Wildman–Crippen LogP) is 2.35. The molecule has 3 unspecified atom stereocenters. The smallest absolute Gasteiger partial charge is 0.0590 e. The van der Waals surface area contributed by atoms with Gasteiger partial charge in [0, 0.05) is 30.5 Å². The van der Waals surface area contributed by atoms with E-state index in [-0.39, 0.29) is 5.54 Å². The number of nitrogens with two attached hydrogens (primary N) is 1. The fourth-order valence-electron chi connectivity index (χ4n) is 3.00. The minimum absolute atomic E-state index is 0.148. The summed E-state index contributed by atoms with van der Waals surface area (Å²) in [5.74, 6) is 1.19. The van der Waals surface area contributed by atoms with Crippen molar-refractivity contribution in [3.05, 3.63) is 0 Å². The standard InChI is InChI=1S/C14H30N2OS/c1-5-12(10-18-4)16(3)14(11-15)7-8-17-13(6-2)9-14/h12-13H,5-11,15H2,1-4H3. The first-order valence-electron chi connectivity index (χ1n) is 7.17. The summed E-state index contributed by atoms with van der Waals surface area (Å²) in [7, 11) is 2.26. The van der Waals surface area contributed by atoms with Crippen LogP contribution in [0.2, 0.25) is 0 Å². The van der Waals surface area contributed by atoms with Gasteiger partial charge in [-0.1, -0.05) is 13.8 Å². The summed E-state index contributed by atoms with van der Waals surface area (Å²) >= 11 is 1.93. The second-order valence-electron chi connectivity index (χ2n) is 5.41. The van der Waals surface area contributed by atoms with E-state index in [2.05, 4.69) is 32.1 Å². The molecular formula is C14H30N2OS. The quantitative estimate of drug-likeness (QED) is 0.773. The molecule has 1 aliphatic rings. The Bertz CT molecular complexity index is 240. The third-order valence-corrected chi connectivity index (χ3v) is 5.21. The average molecular weight is 274 g/mol. The van der Waals surface area contributed by atoms with Crippen molar-refractivity contribution in [2.75, 3.05) is 32.2 Å². The molecule has 3 atom stereocenters. The Labute approximate surface area is 117 Å². The van der Waals surface area contributed by atoms with Crippen LogP contribution in [0.15, 0.2) is 0 Å². The molecule has 0 aromatic carbocycles. The molecule has 0 amide bonds. The Kier molecular flexibility index (Phi) is 6.99. The van der Waals surface area contributed by atoms with Crippen LogP contribution in [0.1, 0.15) is 39.5 Å². The Hall–Kier alpha value is 0.230. The lowest BCUT2D eigenvalue weighted by atomic mass is 9.83. The van der Waals surface area contributed by atoms with E-state index in [0.717, 1.165) is 32.4 Å². The molecule has 0 spiro atoms. The van der Waals surface area contributed by atoms with E-state index in [0.29, 0.717) is 12.1 Å². The van der Waals surface area contributed by atoms with Crippen molar-refractivity contribution in [1.29, 1.82) is 0 Å². The molecule has 18 heavy (non-hydrogen) atoms. The molecule has 0 saturated carbocycles. The highest BCUT2D eigenvalue weighted by molar-refractivity contribution is 7.98. The van der Waals surface area contributed by atoms with Crippen molar-refractivity contribution in [3.8, 4) is 0 Å². The zero-order valence-corrected chi connectivity index (χ0v) is 13.3. The lowest BCUT2D eigenvalue weighted by Crippen LogP contribution is -2.60. The molecule has 0 aromatic heterocycles. The highest BCUT2D eigenvalue weighted by atomic mass is 32.2. The first-order valence-corrected chi connectivity index (χ1v) is 8.56. The summed E-state index contributed by atoms with van der Waals surface area (Å²) in [6.07, 6.45) is 7.01. The summed E-state index contributed by atoms with van der Waals surface area (Å²) < 4.78 is 5.82. The fourth-order valence-corrected chi connectivity index (χ4v) is 3.84. The van der Waals surface area contributed by atoms with Crippen LogP contribution in [0.5, 0.6) is 0 Å². The first kappa shape index (κ1) is 16.3. The molecule has 1 heterocycles. The normalized spacial score (nSPS) is 30.7. The molecule has 1 saturated heterocycles. The van der Waals surface area contributed by atoms with Crippen LogP contribution >= 0.6 is 11.8 Å². The van der Waals surface area contributed by atoms with E-state index in [9.17, 15) is 0 Å². The van der Waals surface area contributed by atoms with E-state index in [1.54, 1.807) is 0 Å². The van der Waals surface area contributed by atoms with E-state index in [1.807, 2.05) is 11.8 Å². The van der Waals surface area contributed by atoms with Crippen LogP contribution in [-0.4, -0.2) is 54.8 Å². The molecule has 1 aliphatic heterocycles. The van der Waals surface area contributed by atoms with Gasteiger partial charge < -0.3 is 10.5 Å². The van der Waals surface area contributed by atoms with Crippen molar-refractivity contribution in [3.63, 3.8) is 0 Å². The number of ether oxygens (including phenoxy) is 1. The number of nitrogens with zero attached hydrogens (tertiary/aromatic N) is 1. The van der Waals surface area contributed by atoms with Gasteiger partial charge in [-0.05, 0) is 39.0 Å².